The molecule has 7 nitrogen and oxygen atoms in total. The molecule has 1 saturated carbocycles. The van der Waals surface area contributed by atoms with Gasteiger partial charge in [0.1, 0.15) is 5.75 Å². The smallest absolute Gasteiger partial charge is 0.309 e. The summed E-state index contributed by atoms with van der Waals surface area (Å²) < 4.78 is 10.2. The fourth-order valence-electron chi connectivity index (χ4n) is 2.74. The highest BCUT2D eigenvalue weighted by Gasteiger charge is 2.40. The van der Waals surface area contributed by atoms with Gasteiger partial charge in [0, 0.05) is 11.3 Å². The Labute approximate surface area is 163 Å². The summed E-state index contributed by atoms with van der Waals surface area (Å²) in [7, 11) is 1.53. The van der Waals surface area contributed by atoms with Crippen LogP contribution in [-0.2, 0) is 14.3 Å². The summed E-state index contributed by atoms with van der Waals surface area (Å²) in [5.74, 6) is -0.220. The van der Waals surface area contributed by atoms with E-state index in [1.165, 1.54) is 7.11 Å². The number of esters is 1. The minimum atomic E-state index is -0.423. The van der Waals surface area contributed by atoms with Gasteiger partial charge in [-0.15, -0.1) is 0 Å². The van der Waals surface area contributed by atoms with Crippen molar-refractivity contribution in [2.45, 2.75) is 13.3 Å². The quantitative estimate of drug-likeness (QED) is 0.718. The molecule has 0 bridgehead atoms. The van der Waals surface area contributed by atoms with Crippen molar-refractivity contribution in [1.82, 2.24) is 0 Å². The molecule has 2 aromatic carbocycles. The van der Waals surface area contributed by atoms with Crippen molar-refractivity contribution in [2.75, 3.05) is 24.4 Å². The second kappa shape index (κ2) is 8.56. The van der Waals surface area contributed by atoms with Crippen LogP contribution in [-0.4, -0.2) is 31.5 Å². The summed E-state index contributed by atoms with van der Waals surface area (Å²) >= 11 is 0. The van der Waals surface area contributed by atoms with Gasteiger partial charge in [0.25, 0.3) is 11.8 Å². The maximum Gasteiger partial charge on any atom is 0.309 e. The standard InChI is InChI=1S/C21H22N2O5/c1-13-11-16(13)21(26)28-12-19(24)22-15-9-7-14(8-10-15)20(25)23-17-5-3-4-6-18(17)27-2/h3-10,13,16H,11-12H2,1-2H3,(H,22,24)(H,23,25)/t13-,16+/m1/s1. The van der Waals surface area contributed by atoms with Crippen LogP contribution >= 0.6 is 0 Å². The Morgan fingerprint density at radius 1 is 1.04 bits per heavy atom. The summed E-state index contributed by atoms with van der Waals surface area (Å²) in [5, 5.41) is 5.42. The van der Waals surface area contributed by atoms with Crippen LogP contribution in [0.5, 0.6) is 5.75 Å². The Kier molecular flexibility index (Phi) is 5.93. The molecule has 7 heteroatoms. The lowest BCUT2D eigenvalue weighted by molar-refractivity contribution is -0.148. The monoisotopic (exact) mass is 382 g/mol. The van der Waals surface area contributed by atoms with E-state index in [-0.39, 0.29) is 24.4 Å². The predicted molar refractivity (Wildman–Crippen MR) is 104 cm³/mol. The molecule has 146 valence electrons. The summed E-state index contributed by atoms with van der Waals surface area (Å²) in [6.07, 6.45) is 0.818. The van der Waals surface area contributed by atoms with Crippen LogP contribution in [0.4, 0.5) is 11.4 Å². The highest BCUT2D eigenvalue weighted by atomic mass is 16.5. The number of carbonyl (C=O) groups is 3. The van der Waals surface area contributed by atoms with Crippen LogP contribution in [0.25, 0.3) is 0 Å². The number of benzene rings is 2. The average molecular weight is 382 g/mol. The van der Waals surface area contributed by atoms with E-state index in [1.54, 1.807) is 42.5 Å². The molecule has 2 N–H and O–H groups in total. The van der Waals surface area contributed by atoms with E-state index >= 15 is 0 Å². The number of ether oxygens (including phenoxy) is 2. The molecule has 1 aliphatic rings. The molecule has 2 amide bonds. The number of anilines is 2. The maximum absolute atomic E-state index is 12.4. The van der Waals surface area contributed by atoms with Crippen LogP contribution in [0, 0.1) is 11.8 Å². The lowest BCUT2D eigenvalue weighted by Gasteiger charge is -2.10. The van der Waals surface area contributed by atoms with Crippen LogP contribution in [0.1, 0.15) is 23.7 Å². The van der Waals surface area contributed by atoms with E-state index in [2.05, 4.69) is 10.6 Å². The molecule has 0 spiro atoms. The zero-order valence-corrected chi connectivity index (χ0v) is 15.7. The van der Waals surface area contributed by atoms with Crippen LogP contribution in [0.3, 0.4) is 0 Å². The van der Waals surface area contributed by atoms with Gasteiger partial charge in [-0.3, -0.25) is 14.4 Å². The van der Waals surface area contributed by atoms with Crippen molar-refractivity contribution < 1.29 is 23.9 Å². The van der Waals surface area contributed by atoms with E-state index in [9.17, 15) is 14.4 Å². The molecule has 0 saturated heterocycles. The van der Waals surface area contributed by atoms with E-state index in [0.29, 0.717) is 28.6 Å². The number of rotatable bonds is 7. The van der Waals surface area contributed by atoms with Crippen molar-refractivity contribution in [3.63, 3.8) is 0 Å². The number of hydrogen-bond acceptors (Lipinski definition) is 5. The number of methoxy groups -OCH3 is 1. The normalized spacial score (nSPS) is 17.4. The first-order chi connectivity index (χ1) is 13.5. The van der Waals surface area contributed by atoms with E-state index in [4.69, 9.17) is 9.47 Å². The fourth-order valence-corrected chi connectivity index (χ4v) is 2.74. The molecule has 0 radical (unpaired) electrons. The topological polar surface area (TPSA) is 93.7 Å². The highest BCUT2D eigenvalue weighted by Crippen LogP contribution is 2.38. The van der Waals surface area contributed by atoms with Crippen LogP contribution in [0.15, 0.2) is 48.5 Å². The minimum Gasteiger partial charge on any atom is -0.495 e. The van der Waals surface area contributed by atoms with Gasteiger partial charge in [0.2, 0.25) is 0 Å². The second-order valence-electron chi connectivity index (χ2n) is 6.71. The Morgan fingerprint density at radius 3 is 2.36 bits per heavy atom. The third kappa shape index (κ3) is 4.88. The summed E-state index contributed by atoms with van der Waals surface area (Å²) in [6.45, 7) is 1.65. The SMILES string of the molecule is COc1ccccc1NC(=O)c1ccc(NC(=O)COC(=O)[C@H]2C[C@H]2C)cc1. The maximum atomic E-state index is 12.4. The third-order valence-electron chi connectivity index (χ3n) is 4.54. The fraction of sp³-hybridized carbons (Fsp3) is 0.286. The number of nitrogens with one attached hydrogen (secondary N) is 2. The zero-order chi connectivity index (χ0) is 20.1. The van der Waals surface area contributed by atoms with Crippen molar-refractivity contribution in [2.24, 2.45) is 11.8 Å². The molecule has 3 rings (SSSR count). The Hall–Kier alpha value is -3.35. The molecular weight excluding hydrogens is 360 g/mol. The summed E-state index contributed by atoms with van der Waals surface area (Å²) in [6, 6.07) is 13.5. The van der Waals surface area contributed by atoms with Gasteiger partial charge in [-0.05, 0) is 48.7 Å². The predicted octanol–water partition coefficient (Wildman–Crippen LogP) is 3.09. The Balaban J connectivity index is 1.52. The molecule has 1 aliphatic carbocycles. The molecule has 2 aromatic rings. The highest BCUT2D eigenvalue weighted by molar-refractivity contribution is 6.05. The molecule has 28 heavy (non-hydrogen) atoms. The van der Waals surface area contributed by atoms with Gasteiger partial charge >= 0.3 is 5.97 Å². The minimum absolute atomic E-state index is 0.0752. The largest absolute Gasteiger partial charge is 0.495 e. The van der Waals surface area contributed by atoms with Gasteiger partial charge in [0.05, 0.1) is 18.7 Å². The molecular formula is C21H22N2O5. The Bertz CT molecular complexity index is 879. The first-order valence-corrected chi connectivity index (χ1v) is 8.99. The first kappa shape index (κ1) is 19.4. The molecule has 0 unspecified atom stereocenters. The van der Waals surface area contributed by atoms with Crippen LogP contribution < -0.4 is 15.4 Å². The Morgan fingerprint density at radius 2 is 1.71 bits per heavy atom. The van der Waals surface area contributed by atoms with Crippen molar-refractivity contribution in [3.8, 4) is 5.75 Å². The van der Waals surface area contributed by atoms with Crippen molar-refractivity contribution in [3.05, 3.63) is 54.1 Å². The van der Waals surface area contributed by atoms with Gasteiger partial charge in [0.15, 0.2) is 6.61 Å². The number of carbonyl (C=O) groups excluding carboxylic acids is 3. The number of amides is 2. The molecule has 1 fully saturated rings. The van der Waals surface area contributed by atoms with E-state index in [1.807, 2.05) is 13.0 Å². The van der Waals surface area contributed by atoms with E-state index in [0.717, 1.165) is 6.42 Å². The molecule has 0 aliphatic heterocycles. The molecule has 0 aromatic heterocycles. The lowest BCUT2D eigenvalue weighted by Crippen LogP contribution is -2.21. The second-order valence-corrected chi connectivity index (χ2v) is 6.71. The van der Waals surface area contributed by atoms with Crippen molar-refractivity contribution >= 4 is 29.2 Å². The van der Waals surface area contributed by atoms with Gasteiger partial charge in [-0.1, -0.05) is 19.1 Å². The molecule has 0 heterocycles. The first-order valence-electron chi connectivity index (χ1n) is 8.99. The number of hydrogen-bond donors (Lipinski definition) is 2. The van der Waals surface area contributed by atoms with Gasteiger partial charge < -0.3 is 20.1 Å². The van der Waals surface area contributed by atoms with E-state index < -0.39 is 5.91 Å². The number of para-hydroxylation sites is 2. The molecule has 2 atom stereocenters. The lowest BCUT2D eigenvalue weighted by atomic mass is 10.2. The summed E-state index contributed by atoms with van der Waals surface area (Å²) in [4.78, 5) is 35.9. The van der Waals surface area contributed by atoms with Crippen LogP contribution in [0.2, 0.25) is 0 Å². The van der Waals surface area contributed by atoms with Crippen molar-refractivity contribution in [1.29, 1.82) is 0 Å². The van der Waals surface area contributed by atoms with Gasteiger partial charge in [-0.2, -0.15) is 0 Å². The summed E-state index contributed by atoms with van der Waals surface area (Å²) in [5.41, 5.74) is 1.51. The van der Waals surface area contributed by atoms with Gasteiger partial charge in [-0.25, -0.2) is 0 Å². The zero-order valence-electron chi connectivity index (χ0n) is 15.7. The average Bonchev–Trinajstić information content (AvgIpc) is 3.44. The third-order valence-corrected chi connectivity index (χ3v) is 4.54.